The van der Waals surface area contributed by atoms with E-state index in [0.717, 1.165) is 0 Å². The molecule has 1 rings (SSSR count). The van der Waals surface area contributed by atoms with E-state index in [1.807, 2.05) is 0 Å². The highest BCUT2D eigenvalue weighted by molar-refractivity contribution is 6.33. The van der Waals surface area contributed by atoms with Gasteiger partial charge in [0.25, 0.3) is 5.91 Å². The number of nitrogen functional groups attached to an aromatic ring is 1. The van der Waals surface area contributed by atoms with Gasteiger partial charge in [-0.25, -0.2) is 0 Å². The van der Waals surface area contributed by atoms with E-state index in [-0.39, 0.29) is 5.91 Å². The number of likely N-dealkylation sites (N-methyl/N-ethyl adjacent to an activating group) is 1. The van der Waals surface area contributed by atoms with Crippen molar-refractivity contribution in [3.05, 3.63) is 23.2 Å². The number of nitrogens with two attached hydrogens (primary N) is 1. The standard InChI is InChI=1S/C11H15ClN2O2/c1-7(11(15)14(2)3)16-8-4-5-10(13)9(12)6-8/h4-7H,13H2,1-3H3. The van der Waals surface area contributed by atoms with Gasteiger partial charge in [-0.15, -0.1) is 0 Å². The topological polar surface area (TPSA) is 55.6 Å². The molecule has 88 valence electrons. The van der Waals surface area contributed by atoms with Crippen LogP contribution < -0.4 is 10.5 Å². The third kappa shape index (κ3) is 3.03. The highest BCUT2D eigenvalue weighted by Crippen LogP contribution is 2.24. The second kappa shape index (κ2) is 5.07. The molecule has 0 fully saturated rings. The van der Waals surface area contributed by atoms with E-state index in [2.05, 4.69) is 0 Å². The van der Waals surface area contributed by atoms with Crippen molar-refractivity contribution < 1.29 is 9.53 Å². The van der Waals surface area contributed by atoms with Crippen LogP contribution in [-0.2, 0) is 4.79 Å². The van der Waals surface area contributed by atoms with Crippen molar-refractivity contribution in [3.8, 4) is 5.75 Å². The summed E-state index contributed by atoms with van der Waals surface area (Å²) in [5, 5.41) is 0.419. The highest BCUT2D eigenvalue weighted by atomic mass is 35.5. The van der Waals surface area contributed by atoms with Crippen LogP contribution in [0.5, 0.6) is 5.75 Å². The normalized spacial score (nSPS) is 12.0. The van der Waals surface area contributed by atoms with Crippen molar-refractivity contribution >= 4 is 23.2 Å². The fourth-order valence-corrected chi connectivity index (χ4v) is 1.37. The van der Waals surface area contributed by atoms with E-state index < -0.39 is 6.10 Å². The van der Waals surface area contributed by atoms with Crippen LogP contribution in [0, 0.1) is 0 Å². The molecule has 16 heavy (non-hydrogen) atoms. The van der Waals surface area contributed by atoms with Crippen molar-refractivity contribution in [3.63, 3.8) is 0 Å². The first-order valence-corrected chi connectivity index (χ1v) is 5.22. The lowest BCUT2D eigenvalue weighted by Crippen LogP contribution is -2.35. The summed E-state index contributed by atoms with van der Waals surface area (Å²) in [5.74, 6) is 0.426. The number of halogens is 1. The molecule has 1 atom stereocenters. The molecule has 0 aliphatic carbocycles. The first kappa shape index (κ1) is 12.6. The lowest BCUT2D eigenvalue weighted by molar-refractivity contribution is -0.135. The summed E-state index contributed by atoms with van der Waals surface area (Å²) in [5.41, 5.74) is 6.05. The third-order valence-electron chi connectivity index (χ3n) is 2.07. The van der Waals surface area contributed by atoms with Crippen LogP contribution in [0.3, 0.4) is 0 Å². The third-order valence-corrected chi connectivity index (χ3v) is 2.40. The Morgan fingerprint density at radius 3 is 2.62 bits per heavy atom. The number of rotatable bonds is 3. The number of benzene rings is 1. The Bertz CT molecular complexity index is 394. The second-order valence-electron chi connectivity index (χ2n) is 3.68. The lowest BCUT2D eigenvalue weighted by atomic mass is 10.3. The average Bonchev–Trinajstić information content (AvgIpc) is 2.22. The Labute approximate surface area is 99.9 Å². The van der Waals surface area contributed by atoms with E-state index in [1.165, 1.54) is 4.90 Å². The van der Waals surface area contributed by atoms with E-state index in [9.17, 15) is 4.79 Å². The van der Waals surface area contributed by atoms with Crippen LogP contribution >= 0.6 is 11.6 Å². The largest absolute Gasteiger partial charge is 0.481 e. The minimum Gasteiger partial charge on any atom is -0.481 e. The van der Waals surface area contributed by atoms with Crippen molar-refractivity contribution in [2.24, 2.45) is 0 Å². The van der Waals surface area contributed by atoms with Crippen LogP contribution in [0.4, 0.5) is 5.69 Å². The number of carbonyl (C=O) groups excluding carboxylic acids is 1. The molecule has 0 saturated carbocycles. The van der Waals surface area contributed by atoms with Crippen molar-refractivity contribution in [2.45, 2.75) is 13.0 Å². The molecule has 1 amide bonds. The van der Waals surface area contributed by atoms with E-state index in [0.29, 0.717) is 16.5 Å². The Balaban J connectivity index is 2.73. The van der Waals surface area contributed by atoms with Gasteiger partial charge in [0.2, 0.25) is 0 Å². The van der Waals surface area contributed by atoms with E-state index >= 15 is 0 Å². The van der Waals surface area contributed by atoms with Crippen LogP contribution in [0.1, 0.15) is 6.92 Å². The number of nitrogens with zero attached hydrogens (tertiary/aromatic N) is 1. The molecule has 0 heterocycles. The van der Waals surface area contributed by atoms with Crippen LogP contribution in [-0.4, -0.2) is 31.0 Å². The lowest BCUT2D eigenvalue weighted by Gasteiger charge is -2.18. The molecule has 0 bridgehead atoms. The zero-order valence-corrected chi connectivity index (χ0v) is 10.3. The first-order valence-electron chi connectivity index (χ1n) is 4.84. The summed E-state index contributed by atoms with van der Waals surface area (Å²) in [6.07, 6.45) is -0.547. The molecule has 2 N–H and O–H groups in total. The Morgan fingerprint density at radius 2 is 2.12 bits per heavy atom. The minimum absolute atomic E-state index is 0.104. The molecule has 0 aromatic heterocycles. The monoisotopic (exact) mass is 242 g/mol. The zero-order valence-electron chi connectivity index (χ0n) is 9.53. The predicted octanol–water partition coefficient (Wildman–Crippen LogP) is 1.78. The summed E-state index contributed by atoms with van der Waals surface area (Å²) in [4.78, 5) is 13.0. The van der Waals surface area contributed by atoms with E-state index in [4.69, 9.17) is 22.1 Å². The highest BCUT2D eigenvalue weighted by Gasteiger charge is 2.16. The van der Waals surface area contributed by atoms with Gasteiger partial charge in [0, 0.05) is 20.2 Å². The zero-order chi connectivity index (χ0) is 12.3. The van der Waals surface area contributed by atoms with Gasteiger partial charge < -0.3 is 15.4 Å². The quantitative estimate of drug-likeness (QED) is 0.822. The molecule has 1 aromatic carbocycles. The maximum absolute atomic E-state index is 11.5. The molecule has 0 radical (unpaired) electrons. The summed E-state index contributed by atoms with van der Waals surface area (Å²) in [6.45, 7) is 1.69. The summed E-state index contributed by atoms with van der Waals surface area (Å²) in [7, 11) is 3.36. The van der Waals surface area contributed by atoms with Gasteiger partial charge in [-0.05, 0) is 19.1 Å². The number of hydrogen-bond acceptors (Lipinski definition) is 3. The summed E-state index contributed by atoms with van der Waals surface area (Å²) in [6, 6.07) is 4.92. The molecule has 1 unspecified atom stereocenters. The van der Waals surface area contributed by atoms with Gasteiger partial charge >= 0.3 is 0 Å². The number of carbonyl (C=O) groups is 1. The van der Waals surface area contributed by atoms with Crippen LogP contribution in [0.15, 0.2) is 18.2 Å². The SMILES string of the molecule is CC(Oc1ccc(N)c(Cl)c1)C(=O)N(C)C. The minimum atomic E-state index is -0.547. The number of hydrogen-bond donors (Lipinski definition) is 1. The van der Waals surface area contributed by atoms with Crippen molar-refractivity contribution in [1.82, 2.24) is 4.90 Å². The van der Waals surface area contributed by atoms with Gasteiger partial charge in [-0.1, -0.05) is 11.6 Å². The Hall–Kier alpha value is -1.42. The molecule has 1 aromatic rings. The van der Waals surface area contributed by atoms with Crippen LogP contribution in [0.25, 0.3) is 0 Å². The molecular formula is C11H15ClN2O2. The maximum atomic E-state index is 11.5. The molecule has 4 nitrogen and oxygen atoms in total. The van der Waals surface area contributed by atoms with Gasteiger partial charge in [0.15, 0.2) is 6.10 Å². The fourth-order valence-electron chi connectivity index (χ4n) is 1.20. The molecular weight excluding hydrogens is 228 g/mol. The Kier molecular flexibility index (Phi) is 4.01. The van der Waals surface area contributed by atoms with Gasteiger partial charge in [0.05, 0.1) is 10.7 Å². The predicted molar refractivity (Wildman–Crippen MR) is 64.6 cm³/mol. The molecule has 0 saturated heterocycles. The smallest absolute Gasteiger partial charge is 0.262 e. The maximum Gasteiger partial charge on any atom is 0.262 e. The molecule has 0 aliphatic rings. The fraction of sp³-hybridized carbons (Fsp3) is 0.364. The van der Waals surface area contributed by atoms with Crippen LogP contribution in [0.2, 0.25) is 5.02 Å². The van der Waals surface area contributed by atoms with Crippen molar-refractivity contribution in [2.75, 3.05) is 19.8 Å². The van der Waals surface area contributed by atoms with E-state index in [1.54, 1.807) is 39.2 Å². The Morgan fingerprint density at radius 1 is 1.50 bits per heavy atom. The second-order valence-corrected chi connectivity index (χ2v) is 4.08. The number of anilines is 1. The summed E-state index contributed by atoms with van der Waals surface area (Å²) >= 11 is 5.84. The molecule has 5 heteroatoms. The van der Waals surface area contributed by atoms with Gasteiger partial charge in [0.1, 0.15) is 5.75 Å². The number of amides is 1. The average molecular weight is 243 g/mol. The number of ether oxygens (including phenoxy) is 1. The van der Waals surface area contributed by atoms with Gasteiger partial charge in [-0.3, -0.25) is 4.79 Å². The summed E-state index contributed by atoms with van der Waals surface area (Å²) < 4.78 is 5.44. The van der Waals surface area contributed by atoms with Crippen molar-refractivity contribution in [1.29, 1.82) is 0 Å². The van der Waals surface area contributed by atoms with Gasteiger partial charge in [-0.2, -0.15) is 0 Å². The first-order chi connectivity index (χ1) is 7.41. The molecule has 0 spiro atoms. The molecule has 0 aliphatic heterocycles.